The van der Waals surface area contributed by atoms with Crippen LogP contribution >= 0.6 is 0 Å². The van der Waals surface area contributed by atoms with Gasteiger partial charge < -0.3 is 26.0 Å². The van der Waals surface area contributed by atoms with Crippen LogP contribution in [0.5, 0.6) is 0 Å². The molecule has 0 amide bonds. The first-order chi connectivity index (χ1) is 21.0. The number of pyridine rings is 1. The van der Waals surface area contributed by atoms with E-state index in [0.29, 0.717) is 23.1 Å². The zero-order chi connectivity index (χ0) is 30.9. The first kappa shape index (κ1) is 31.4. The molecule has 1 aliphatic rings. The molecule has 1 aliphatic carbocycles. The summed E-state index contributed by atoms with van der Waals surface area (Å²) in [5.74, 6) is -0.297. The maximum atomic E-state index is 14.0. The molecule has 0 atom stereocenters. The van der Waals surface area contributed by atoms with Crippen LogP contribution in [-0.2, 0) is 0 Å². The fourth-order valence-corrected chi connectivity index (χ4v) is 5.77. The van der Waals surface area contributed by atoms with Gasteiger partial charge in [-0.05, 0) is 62.7 Å². The van der Waals surface area contributed by atoms with Crippen LogP contribution in [0, 0.1) is 12.7 Å². The molecular formula is C35H40FN5O2. The number of hydrogen-bond acceptors (Lipinski definition) is 6. The molecule has 1 fully saturated rings. The lowest BCUT2D eigenvalue weighted by Gasteiger charge is -2.24. The third-order valence-electron chi connectivity index (χ3n) is 7.75. The minimum absolute atomic E-state index is 0.297. The van der Waals surface area contributed by atoms with Crippen LogP contribution in [0.3, 0.4) is 0 Å². The predicted octanol–water partition coefficient (Wildman–Crippen LogP) is 7.45. The Kier molecular flexibility index (Phi) is 10.6. The maximum Gasteiger partial charge on any atom is 0.170 e. The van der Waals surface area contributed by atoms with E-state index in [9.17, 15) is 9.18 Å². The van der Waals surface area contributed by atoms with Gasteiger partial charge in [0.1, 0.15) is 11.5 Å². The Morgan fingerprint density at radius 2 is 1.72 bits per heavy atom. The number of hydrogen-bond donors (Lipinski definition) is 4. The van der Waals surface area contributed by atoms with Crippen molar-refractivity contribution in [3.63, 3.8) is 0 Å². The van der Waals surface area contributed by atoms with Gasteiger partial charge >= 0.3 is 0 Å². The van der Waals surface area contributed by atoms with Crippen LogP contribution < -0.4 is 16.4 Å². The number of anilines is 2. The highest BCUT2D eigenvalue weighted by Crippen LogP contribution is 2.37. The van der Waals surface area contributed by atoms with Crippen molar-refractivity contribution >= 4 is 45.2 Å². The zero-order valence-corrected chi connectivity index (χ0v) is 25.0. The summed E-state index contributed by atoms with van der Waals surface area (Å²) in [6.45, 7) is 6.27. The lowest BCUT2D eigenvalue weighted by atomic mass is 9.95. The van der Waals surface area contributed by atoms with E-state index in [1.54, 1.807) is 12.3 Å². The third kappa shape index (κ3) is 6.61. The zero-order valence-electron chi connectivity index (χ0n) is 25.0. The maximum absolute atomic E-state index is 14.0. The van der Waals surface area contributed by atoms with Crippen LogP contribution in [0.1, 0.15) is 53.7 Å². The second kappa shape index (κ2) is 14.6. The Morgan fingerprint density at radius 1 is 1.00 bits per heavy atom. The molecule has 5 aromatic rings. The van der Waals surface area contributed by atoms with Gasteiger partial charge in [-0.15, -0.1) is 0 Å². The number of aryl methyl sites for hydroxylation is 1. The summed E-state index contributed by atoms with van der Waals surface area (Å²) in [6, 6.07) is 21.5. The van der Waals surface area contributed by atoms with Crippen molar-refractivity contribution in [3.05, 3.63) is 102 Å². The summed E-state index contributed by atoms with van der Waals surface area (Å²) in [6.07, 6.45) is 8.44. The van der Waals surface area contributed by atoms with E-state index < -0.39 is 0 Å². The number of aliphatic hydroxyl groups excluding tert-OH is 1. The quantitative estimate of drug-likeness (QED) is 0.149. The van der Waals surface area contributed by atoms with Gasteiger partial charge in [0.25, 0.3) is 0 Å². The molecule has 5 N–H and O–H groups in total. The van der Waals surface area contributed by atoms with E-state index in [0.717, 1.165) is 70.5 Å². The van der Waals surface area contributed by atoms with Crippen LogP contribution in [0.2, 0.25) is 0 Å². The second-order valence-corrected chi connectivity index (χ2v) is 10.3. The standard InChI is InChI=1S/C33H31FN4O.CH5N.CH4O/c1-21-15-16-23(34)17-28(21)36-22(2)26-12-8-14-32-33(26)27-11-6-7-13-31(27)38(32)25-18-29(30(20-39)35-19-25)37-24-9-4-3-5-10-24;2*1-2/h6-8,11-20,24,36-37H,2-5,9-10H2,1H3;2H2,1H3;2H,1H3. The van der Waals surface area contributed by atoms with Gasteiger partial charge in [0.2, 0.25) is 0 Å². The molecule has 0 spiro atoms. The van der Waals surface area contributed by atoms with Crippen molar-refractivity contribution < 1.29 is 14.3 Å². The molecule has 0 bridgehead atoms. The Morgan fingerprint density at radius 3 is 2.47 bits per heavy atom. The largest absolute Gasteiger partial charge is 0.400 e. The first-order valence-electron chi connectivity index (χ1n) is 14.5. The van der Waals surface area contributed by atoms with Crippen molar-refractivity contribution in [2.45, 2.75) is 45.1 Å². The summed E-state index contributed by atoms with van der Waals surface area (Å²) in [5, 5.41) is 16.1. The number of nitrogens with two attached hydrogens (primary N) is 1. The molecule has 2 aromatic heterocycles. The molecule has 0 radical (unpaired) electrons. The smallest absolute Gasteiger partial charge is 0.170 e. The summed E-state index contributed by atoms with van der Waals surface area (Å²) in [7, 11) is 2.50. The van der Waals surface area contributed by atoms with Crippen molar-refractivity contribution in [1.29, 1.82) is 0 Å². The number of aromatic nitrogens is 2. The monoisotopic (exact) mass is 581 g/mol. The number of halogens is 1. The number of fused-ring (bicyclic) bond motifs is 3. The second-order valence-electron chi connectivity index (χ2n) is 10.3. The van der Waals surface area contributed by atoms with Gasteiger partial charge in [-0.2, -0.15) is 0 Å². The fraction of sp³-hybridized carbons (Fsp3) is 0.257. The number of aldehydes is 1. The molecule has 3 aromatic carbocycles. The number of carbonyl (C=O) groups is 1. The van der Waals surface area contributed by atoms with Crippen LogP contribution in [-0.4, -0.2) is 41.1 Å². The molecule has 0 unspecified atom stereocenters. The predicted molar refractivity (Wildman–Crippen MR) is 177 cm³/mol. The van der Waals surface area contributed by atoms with Crippen LogP contribution in [0.25, 0.3) is 33.2 Å². The number of nitrogens with one attached hydrogen (secondary N) is 2. The van der Waals surface area contributed by atoms with Crippen molar-refractivity contribution in [2.24, 2.45) is 5.73 Å². The summed E-state index contributed by atoms with van der Waals surface area (Å²) in [5.41, 5.74) is 11.8. The van der Waals surface area contributed by atoms with Crippen molar-refractivity contribution in [2.75, 3.05) is 24.8 Å². The highest BCUT2D eigenvalue weighted by Gasteiger charge is 2.19. The van der Waals surface area contributed by atoms with E-state index >= 15 is 0 Å². The van der Waals surface area contributed by atoms with E-state index in [1.807, 2.05) is 37.3 Å². The molecular weight excluding hydrogens is 541 g/mol. The van der Waals surface area contributed by atoms with E-state index in [2.05, 4.69) is 50.7 Å². The van der Waals surface area contributed by atoms with E-state index in [1.165, 1.54) is 38.4 Å². The Bertz CT molecular complexity index is 1720. The Hall–Kier alpha value is -4.53. The van der Waals surface area contributed by atoms with E-state index in [4.69, 9.17) is 5.11 Å². The summed E-state index contributed by atoms with van der Waals surface area (Å²) >= 11 is 0. The summed E-state index contributed by atoms with van der Waals surface area (Å²) < 4.78 is 16.2. The lowest BCUT2D eigenvalue weighted by Crippen LogP contribution is -2.23. The van der Waals surface area contributed by atoms with Gasteiger partial charge in [0.15, 0.2) is 6.29 Å². The molecule has 0 aliphatic heterocycles. The van der Waals surface area contributed by atoms with Gasteiger partial charge in [-0.25, -0.2) is 9.37 Å². The molecule has 43 heavy (non-hydrogen) atoms. The number of carbonyl (C=O) groups excluding carboxylic acids is 1. The molecule has 1 saturated carbocycles. The molecule has 224 valence electrons. The summed E-state index contributed by atoms with van der Waals surface area (Å²) in [4.78, 5) is 16.4. The normalized spacial score (nSPS) is 13.0. The molecule has 2 heterocycles. The Balaban J connectivity index is 0.00000102. The number of nitrogens with zero attached hydrogens (tertiary/aromatic N) is 2. The fourth-order valence-electron chi connectivity index (χ4n) is 5.77. The lowest BCUT2D eigenvalue weighted by molar-refractivity contribution is 0.111. The average molecular weight is 582 g/mol. The minimum atomic E-state index is -0.297. The number of para-hydroxylation sites is 1. The highest BCUT2D eigenvalue weighted by atomic mass is 19.1. The van der Waals surface area contributed by atoms with Crippen molar-refractivity contribution in [3.8, 4) is 5.69 Å². The van der Waals surface area contributed by atoms with E-state index in [-0.39, 0.29) is 5.82 Å². The van der Waals surface area contributed by atoms with Gasteiger partial charge in [0.05, 0.1) is 28.6 Å². The van der Waals surface area contributed by atoms with Crippen LogP contribution in [0.15, 0.2) is 79.5 Å². The van der Waals surface area contributed by atoms with Crippen LogP contribution in [0.4, 0.5) is 15.8 Å². The highest BCUT2D eigenvalue weighted by molar-refractivity contribution is 6.14. The average Bonchev–Trinajstić information content (AvgIpc) is 3.40. The molecule has 6 rings (SSSR count). The topological polar surface area (TPSA) is 105 Å². The van der Waals surface area contributed by atoms with Gasteiger partial charge in [-0.3, -0.25) is 4.79 Å². The number of aliphatic hydroxyl groups is 1. The molecule has 8 heteroatoms. The molecule has 0 saturated heterocycles. The first-order valence-corrected chi connectivity index (χ1v) is 14.5. The minimum Gasteiger partial charge on any atom is -0.400 e. The number of rotatable bonds is 7. The SMILES string of the molecule is C=C(Nc1cc(F)ccc1C)c1cccc2c1c1ccccc1n2-c1cnc(C=O)c(NC2CCCCC2)c1.CN.CO. The number of benzene rings is 3. The Labute approximate surface area is 252 Å². The van der Waals surface area contributed by atoms with Gasteiger partial charge in [-0.1, -0.05) is 62.2 Å². The third-order valence-corrected chi connectivity index (χ3v) is 7.75. The van der Waals surface area contributed by atoms with Crippen molar-refractivity contribution in [1.82, 2.24) is 9.55 Å². The molecule has 7 nitrogen and oxygen atoms in total. The van der Waals surface area contributed by atoms with Gasteiger partial charge in [0, 0.05) is 40.9 Å².